The van der Waals surface area contributed by atoms with Gasteiger partial charge in [0.15, 0.2) is 0 Å². The number of ether oxygens (including phenoxy) is 1. The molecule has 0 saturated heterocycles. The minimum Gasteiger partial charge on any atom is -0.496 e. The largest absolute Gasteiger partial charge is 0.496 e. The van der Waals surface area contributed by atoms with Crippen molar-refractivity contribution >= 4 is 17.2 Å². The summed E-state index contributed by atoms with van der Waals surface area (Å²) in [6.45, 7) is 0.0963. The summed E-state index contributed by atoms with van der Waals surface area (Å²) in [6, 6.07) is 3.58. The van der Waals surface area contributed by atoms with Gasteiger partial charge in [-0.3, -0.25) is 4.79 Å². The normalized spacial score (nSPS) is 9.21. The Morgan fingerprint density at radius 3 is 3.00 bits per heavy atom. The van der Waals surface area contributed by atoms with Gasteiger partial charge in [-0.2, -0.15) is 5.26 Å². The zero-order valence-electron chi connectivity index (χ0n) is 7.98. The van der Waals surface area contributed by atoms with E-state index in [1.54, 1.807) is 25.6 Å². The highest BCUT2D eigenvalue weighted by molar-refractivity contribution is 7.12. The molecule has 1 aromatic heterocycles. The van der Waals surface area contributed by atoms with Gasteiger partial charge in [0.2, 0.25) is 0 Å². The maximum atomic E-state index is 11.6. The second kappa shape index (κ2) is 4.63. The van der Waals surface area contributed by atoms with Crippen LogP contribution in [0.5, 0.6) is 5.75 Å². The minimum atomic E-state index is -0.153. The Morgan fingerprint density at radius 1 is 1.79 bits per heavy atom. The Bertz CT molecular complexity index is 367. The molecule has 0 aromatic carbocycles. The molecular formula is C9H10N2O2S. The molecule has 0 saturated carbocycles. The van der Waals surface area contributed by atoms with E-state index in [9.17, 15) is 4.79 Å². The van der Waals surface area contributed by atoms with Crippen molar-refractivity contribution in [3.63, 3.8) is 0 Å². The Balaban J connectivity index is 2.74. The maximum absolute atomic E-state index is 11.6. The first kappa shape index (κ1) is 10.5. The van der Waals surface area contributed by atoms with E-state index in [1.165, 1.54) is 16.2 Å². The molecule has 14 heavy (non-hydrogen) atoms. The molecule has 0 radical (unpaired) electrons. The second-order valence-corrected chi connectivity index (χ2v) is 3.58. The van der Waals surface area contributed by atoms with Crippen LogP contribution >= 0.6 is 11.3 Å². The van der Waals surface area contributed by atoms with Crippen LogP contribution in [0.15, 0.2) is 11.4 Å². The fourth-order valence-corrected chi connectivity index (χ4v) is 1.75. The first-order valence-corrected chi connectivity index (χ1v) is 4.82. The molecule has 5 heteroatoms. The van der Waals surface area contributed by atoms with Crippen LogP contribution in [-0.2, 0) is 0 Å². The second-order valence-electron chi connectivity index (χ2n) is 2.67. The topological polar surface area (TPSA) is 53.3 Å². The number of carbonyl (C=O) groups is 1. The Morgan fingerprint density at radius 2 is 2.50 bits per heavy atom. The van der Waals surface area contributed by atoms with Gasteiger partial charge in [0.1, 0.15) is 12.3 Å². The van der Waals surface area contributed by atoms with Crippen molar-refractivity contribution in [3.8, 4) is 11.8 Å². The van der Waals surface area contributed by atoms with Gasteiger partial charge in [-0.1, -0.05) is 0 Å². The molecule has 4 nitrogen and oxygen atoms in total. The lowest BCUT2D eigenvalue weighted by atomic mass is 10.4. The number of nitriles is 1. The van der Waals surface area contributed by atoms with Gasteiger partial charge in [0.05, 0.1) is 18.1 Å². The Hall–Kier alpha value is -1.54. The van der Waals surface area contributed by atoms with E-state index in [0.29, 0.717) is 10.6 Å². The molecule has 0 unspecified atom stereocenters. The fraction of sp³-hybridized carbons (Fsp3) is 0.333. The first-order valence-electron chi connectivity index (χ1n) is 3.94. The quantitative estimate of drug-likeness (QED) is 0.708. The summed E-state index contributed by atoms with van der Waals surface area (Å²) >= 11 is 1.31. The van der Waals surface area contributed by atoms with Crippen molar-refractivity contribution in [3.05, 3.63) is 16.3 Å². The number of thiophene rings is 1. The van der Waals surface area contributed by atoms with Crippen molar-refractivity contribution in [1.29, 1.82) is 5.26 Å². The van der Waals surface area contributed by atoms with Gasteiger partial charge in [0, 0.05) is 18.5 Å². The summed E-state index contributed by atoms with van der Waals surface area (Å²) < 4.78 is 4.96. The summed E-state index contributed by atoms with van der Waals surface area (Å²) in [6.07, 6.45) is 0. The molecule has 0 N–H and O–H groups in total. The van der Waals surface area contributed by atoms with Crippen molar-refractivity contribution in [2.75, 3.05) is 20.7 Å². The predicted molar refractivity (Wildman–Crippen MR) is 53.4 cm³/mol. The van der Waals surface area contributed by atoms with Gasteiger partial charge in [-0.25, -0.2) is 0 Å². The van der Waals surface area contributed by atoms with Gasteiger partial charge in [-0.15, -0.1) is 11.3 Å². The highest BCUT2D eigenvalue weighted by Gasteiger charge is 2.13. The number of carbonyl (C=O) groups excluding carboxylic acids is 1. The van der Waals surface area contributed by atoms with Crippen LogP contribution in [0.2, 0.25) is 0 Å². The van der Waals surface area contributed by atoms with Crippen LogP contribution in [0.3, 0.4) is 0 Å². The molecule has 74 valence electrons. The molecule has 0 aliphatic carbocycles. The molecule has 0 atom stereocenters. The maximum Gasteiger partial charge on any atom is 0.264 e. The predicted octanol–water partition coefficient (Wildman–Crippen LogP) is 1.35. The van der Waals surface area contributed by atoms with Gasteiger partial charge < -0.3 is 9.64 Å². The van der Waals surface area contributed by atoms with Crippen molar-refractivity contribution in [1.82, 2.24) is 4.90 Å². The molecule has 1 heterocycles. The third-order valence-electron chi connectivity index (χ3n) is 1.68. The SMILES string of the molecule is COc1csc(C(=O)N(C)CC#N)c1. The molecule has 1 rings (SSSR count). The minimum absolute atomic E-state index is 0.0963. The zero-order chi connectivity index (χ0) is 10.6. The van der Waals surface area contributed by atoms with E-state index in [4.69, 9.17) is 10.00 Å². The third-order valence-corrected chi connectivity index (χ3v) is 2.57. The molecule has 0 spiro atoms. The van der Waals surface area contributed by atoms with Crippen LogP contribution in [0, 0.1) is 11.3 Å². The molecule has 1 aromatic rings. The van der Waals surface area contributed by atoms with Crippen LogP contribution in [0.25, 0.3) is 0 Å². The molecule has 1 amide bonds. The van der Waals surface area contributed by atoms with E-state index in [2.05, 4.69) is 0 Å². The van der Waals surface area contributed by atoms with Crippen LogP contribution in [-0.4, -0.2) is 31.5 Å². The van der Waals surface area contributed by atoms with E-state index in [0.717, 1.165) is 0 Å². The van der Waals surface area contributed by atoms with E-state index >= 15 is 0 Å². The fourth-order valence-electron chi connectivity index (χ4n) is 0.904. The van der Waals surface area contributed by atoms with Crippen molar-refractivity contribution in [2.45, 2.75) is 0 Å². The number of hydrogen-bond donors (Lipinski definition) is 0. The molecular weight excluding hydrogens is 200 g/mol. The third kappa shape index (κ3) is 2.24. The van der Waals surface area contributed by atoms with Crippen LogP contribution in [0.1, 0.15) is 9.67 Å². The van der Waals surface area contributed by atoms with E-state index in [1.807, 2.05) is 6.07 Å². The van der Waals surface area contributed by atoms with Crippen molar-refractivity contribution < 1.29 is 9.53 Å². The molecule has 0 fully saturated rings. The summed E-state index contributed by atoms with van der Waals surface area (Å²) in [5.41, 5.74) is 0. The number of methoxy groups -OCH3 is 1. The number of amides is 1. The first-order chi connectivity index (χ1) is 6.69. The molecule has 0 aliphatic heterocycles. The van der Waals surface area contributed by atoms with Gasteiger partial charge >= 0.3 is 0 Å². The summed E-state index contributed by atoms with van der Waals surface area (Å²) in [5, 5.41) is 10.2. The lowest BCUT2D eigenvalue weighted by Crippen LogP contribution is -2.26. The molecule has 0 bridgehead atoms. The van der Waals surface area contributed by atoms with Crippen LogP contribution < -0.4 is 4.74 Å². The summed E-state index contributed by atoms with van der Waals surface area (Å²) in [7, 11) is 3.15. The summed E-state index contributed by atoms with van der Waals surface area (Å²) in [4.78, 5) is 13.5. The number of rotatable bonds is 3. The van der Waals surface area contributed by atoms with Gasteiger partial charge in [-0.05, 0) is 0 Å². The van der Waals surface area contributed by atoms with E-state index < -0.39 is 0 Å². The average Bonchev–Trinajstić information content (AvgIpc) is 2.65. The smallest absolute Gasteiger partial charge is 0.264 e. The Labute approximate surface area is 86.3 Å². The monoisotopic (exact) mass is 210 g/mol. The lowest BCUT2D eigenvalue weighted by molar-refractivity contribution is 0.0816. The zero-order valence-corrected chi connectivity index (χ0v) is 8.80. The Kier molecular flexibility index (Phi) is 3.48. The highest BCUT2D eigenvalue weighted by Crippen LogP contribution is 2.21. The van der Waals surface area contributed by atoms with Gasteiger partial charge in [0.25, 0.3) is 5.91 Å². The van der Waals surface area contributed by atoms with Crippen LogP contribution in [0.4, 0.5) is 0 Å². The average molecular weight is 210 g/mol. The van der Waals surface area contributed by atoms with E-state index in [-0.39, 0.29) is 12.5 Å². The highest BCUT2D eigenvalue weighted by atomic mass is 32.1. The standard InChI is InChI=1S/C9H10N2O2S/c1-11(4-3-10)9(12)8-5-7(13-2)6-14-8/h5-6H,4H2,1-2H3. The lowest BCUT2D eigenvalue weighted by Gasteiger charge is -2.10. The van der Waals surface area contributed by atoms with Crippen molar-refractivity contribution in [2.24, 2.45) is 0 Å². The number of hydrogen-bond acceptors (Lipinski definition) is 4. The number of nitrogens with zero attached hydrogens (tertiary/aromatic N) is 2. The summed E-state index contributed by atoms with van der Waals surface area (Å²) in [5.74, 6) is 0.517. The molecule has 0 aliphatic rings.